The van der Waals surface area contributed by atoms with E-state index in [4.69, 9.17) is 0 Å². The van der Waals surface area contributed by atoms with E-state index < -0.39 is 0 Å². The van der Waals surface area contributed by atoms with Crippen molar-refractivity contribution in [3.63, 3.8) is 0 Å². The van der Waals surface area contributed by atoms with Gasteiger partial charge in [-0.05, 0) is 24.8 Å². The third-order valence-electron chi connectivity index (χ3n) is 2.30. The summed E-state index contributed by atoms with van der Waals surface area (Å²) in [4.78, 5) is 10.1. The molecule has 1 aromatic rings. The first kappa shape index (κ1) is 11.7. The third kappa shape index (κ3) is 5.84. The number of aldehydes is 1. The zero-order chi connectivity index (χ0) is 10.8. The summed E-state index contributed by atoms with van der Waals surface area (Å²) in [6, 6.07) is 10.3. The first-order valence-electron chi connectivity index (χ1n) is 5.58. The van der Waals surface area contributed by atoms with E-state index in [1.54, 1.807) is 0 Å². The van der Waals surface area contributed by atoms with Crippen LogP contribution in [0.4, 0.5) is 0 Å². The van der Waals surface area contributed by atoms with Crippen molar-refractivity contribution in [2.24, 2.45) is 0 Å². The van der Waals surface area contributed by atoms with E-state index in [0.29, 0.717) is 6.42 Å². The Morgan fingerprint density at radius 2 is 1.67 bits per heavy atom. The van der Waals surface area contributed by atoms with E-state index in [1.807, 2.05) is 18.2 Å². The van der Waals surface area contributed by atoms with E-state index in [9.17, 15) is 4.79 Å². The van der Waals surface area contributed by atoms with Crippen LogP contribution in [-0.2, 0) is 4.79 Å². The summed E-state index contributed by atoms with van der Waals surface area (Å²) in [5.74, 6) is 0. The van der Waals surface area contributed by atoms with Crippen molar-refractivity contribution in [3.05, 3.63) is 42.0 Å². The molecule has 0 spiro atoms. The average molecular weight is 202 g/mol. The number of unbranched alkanes of at least 4 members (excludes halogenated alkanes) is 4. The van der Waals surface area contributed by atoms with Crippen LogP contribution < -0.4 is 0 Å². The van der Waals surface area contributed by atoms with Crippen molar-refractivity contribution in [1.29, 1.82) is 0 Å². The average Bonchev–Trinajstić information content (AvgIpc) is 2.29. The molecule has 1 aromatic carbocycles. The standard InChI is InChI=1S/C14H18O/c15-13-9-4-2-1-3-6-10-14-11-7-5-8-12-14/h5-8,10-13H,1-4,9H2/b10-6-. The Morgan fingerprint density at radius 3 is 2.40 bits per heavy atom. The highest BCUT2D eigenvalue weighted by Gasteiger charge is 1.87. The van der Waals surface area contributed by atoms with Gasteiger partial charge in [0.05, 0.1) is 0 Å². The van der Waals surface area contributed by atoms with Gasteiger partial charge in [-0.1, -0.05) is 48.9 Å². The molecule has 0 unspecified atom stereocenters. The molecule has 0 aliphatic heterocycles. The van der Waals surface area contributed by atoms with Crippen LogP contribution in [0, 0.1) is 0 Å². The number of allylic oxidation sites excluding steroid dienone is 1. The van der Waals surface area contributed by atoms with Crippen LogP contribution in [-0.4, -0.2) is 6.29 Å². The summed E-state index contributed by atoms with van der Waals surface area (Å²) >= 11 is 0. The second-order valence-electron chi connectivity index (χ2n) is 3.62. The summed E-state index contributed by atoms with van der Waals surface area (Å²) in [6.45, 7) is 0. The molecule has 1 heteroatoms. The van der Waals surface area contributed by atoms with Crippen LogP contribution in [0.25, 0.3) is 6.08 Å². The quantitative estimate of drug-likeness (QED) is 0.485. The van der Waals surface area contributed by atoms with Crippen LogP contribution in [0.2, 0.25) is 0 Å². The van der Waals surface area contributed by atoms with E-state index in [-0.39, 0.29) is 0 Å². The molecule has 0 radical (unpaired) electrons. The minimum absolute atomic E-state index is 0.711. The number of rotatable bonds is 7. The third-order valence-corrected chi connectivity index (χ3v) is 2.30. The van der Waals surface area contributed by atoms with Crippen LogP contribution in [0.3, 0.4) is 0 Å². The van der Waals surface area contributed by atoms with E-state index >= 15 is 0 Å². The van der Waals surface area contributed by atoms with Gasteiger partial charge in [-0.15, -0.1) is 0 Å². The lowest BCUT2D eigenvalue weighted by Crippen LogP contribution is -1.77. The Morgan fingerprint density at radius 1 is 0.933 bits per heavy atom. The van der Waals surface area contributed by atoms with Gasteiger partial charge in [0.2, 0.25) is 0 Å². The Kier molecular flexibility index (Phi) is 6.23. The number of hydrogen-bond donors (Lipinski definition) is 0. The highest BCUT2D eigenvalue weighted by Crippen LogP contribution is 2.06. The highest BCUT2D eigenvalue weighted by molar-refractivity contribution is 5.49. The fourth-order valence-corrected chi connectivity index (χ4v) is 1.45. The number of benzene rings is 1. The van der Waals surface area contributed by atoms with Gasteiger partial charge in [0.1, 0.15) is 6.29 Å². The Bertz CT molecular complexity index is 287. The zero-order valence-corrected chi connectivity index (χ0v) is 9.06. The van der Waals surface area contributed by atoms with Gasteiger partial charge >= 0.3 is 0 Å². The van der Waals surface area contributed by atoms with Gasteiger partial charge in [0, 0.05) is 6.42 Å². The van der Waals surface area contributed by atoms with E-state index in [1.165, 1.54) is 12.0 Å². The summed E-state index contributed by atoms with van der Waals surface area (Å²) in [5, 5.41) is 0. The molecule has 0 aromatic heterocycles. The molecule has 15 heavy (non-hydrogen) atoms. The van der Waals surface area contributed by atoms with Crippen molar-refractivity contribution in [1.82, 2.24) is 0 Å². The molecule has 0 N–H and O–H groups in total. The van der Waals surface area contributed by atoms with Crippen LogP contribution in [0.5, 0.6) is 0 Å². The number of carbonyl (C=O) groups is 1. The second kappa shape index (κ2) is 7.98. The molecule has 0 bridgehead atoms. The monoisotopic (exact) mass is 202 g/mol. The fraction of sp³-hybridized carbons (Fsp3) is 0.357. The molecule has 1 rings (SSSR count). The van der Waals surface area contributed by atoms with Crippen molar-refractivity contribution < 1.29 is 4.79 Å². The van der Waals surface area contributed by atoms with Gasteiger partial charge in [0.15, 0.2) is 0 Å². The maximum Gasteiger partial charge on any atom is 0.119 e. The molecule has 0 heterocycles. The van der Waals surface area contributed by atoms with Gasteiger partial charge < -0.3 is 4.79 Å². The molecule has 0 aliphatic rings. The smallest absolute Gasteiger partial charge is 0.119 e. The molecule has 0 atom stereocenters. The van der Waals surface area contributed by atoms with E-state index in [0.717, 1.165) is 25.5 Å². The normalized spacial score (nSPS) is 10.7. The minimum atomic E-state index is 0.711. The molecule has 0 fully saturated rings. The highest BCUT2D eigenvalue weighted by atomic mass is 16.1. The molecule has 0 aliphatic carbocycles. The van der Waals surface area contributed by atoms with Gasteiger partial charge in [0.25, 0.3) is 0 Å². The number of carbonyl (C=O) groups excluding carboxylic acids is 1. The van der Waals surface area contributed by atoms with Crippen molar-refractivity contribution >= 4 is 12.4 Å². The first-order chi connectivity index (χ1) is 7.43. The predicted octanol–water partition coefficient (Wildman–Crippen LogP) is 3.85. The molecular formula is C14H18O. The summed E-state index contributed by atoms with van der Waals surface area (Å²) in [7, 11) is 0. The predicted molar refractivity (Wildman–Crippen MR) is 64.6 cm³/mol. The van der Waals surface area contributed by atoms with E-state index in [2.05, 4.69) is 24.3 Å². The van der Waals surface area contributed by atoms with Gasteiger partial charge in [-0.2, -0.15) is 0 Å². The summed E-state index contributed by atoms with van der Waals surface area (Å²) in [5.41, 5.74) is 1.25. The molecule has 1 nitrogen and oxygen atoms in total. The molecular weight excluding hydrogens is 184 g/mol. The summed E-state index contributed by atoms with van der Waals surface area (Å²) in [6.07, 6.45) is 10.5. The van der Waals surface area contributed by atoms with Crippen LogP contribution >= 0.6 is 0 Å². The molecule has 0 saturated heterocycles. The Balaban J connectivity index is 2.10. The van der Waals surface area contributed by atoms with Gasteiger partial charge in [-0.3, -0.25) is 0 Å². The second-order valence-corrected chi connectivity index (χ2v) is 3.62. The maximum atomic E-state index is 10.1. The maximum absolute atomic E-state index is 10.1. The lowest BCUT2D eigenvalue weighted by atomic mass is 10.1. The molecule has 0 saturated carbocycles. The van der Waals surface area contributed by atoms with Crippen molar-refractivity contribution in [2.45, 2.75) is 32.1 Å². The first-order valence-corrected chi connectivity index (χ1v) is 5.58. The topological polar surface area (TPSA) is 17.1 Å². The Labute approximate surface area is 91.8 Å². The van der Waals surface area contributed by atoms with Gasteiger partial charge in [-0.25, -0.2) is 0 Å². The van der Waals surface area contributed by atoms with Crippen molar-refractivity contribution in [2.75, 3.05) is 0 Å². The molecule has 0 amide bonds. The lowest BCUT2D eigenvalue weighted by Gasteiger charge is -1.94. The summed E-state index contributed by atoms with van der Waals surface area (Å²) < 4.78 is 0. The largest absolute Gasteiger partial charge is 0.303 e. The SMILES string of the molecule is O=CCCCCC/C=C\c1ccccc1. The van der Waals surface area contributed by atoms with Crippen LogP contribution in [0.1, 0.15) is 37.7 Å². The minimum Gasteiger partial charge on any atom is -0.303 e. The fourth-order valence-electron chi connectivity index (χ4n) is 1.45. The Hall–Kier alpha value is -1.37. The van der Waals surface area contributed by atoms with Crippen LogP contribution in [0.15, 0.2) is 36.4 Å². The number of hydrogen-bond acceptors (Lipinski definition) is 1. The lowest BCUT2D eigenvalue weighted by molar-refractivity contribution is -0.107. The van der Waals surface area contributed by atoms with Crippen molar-refractivity contribution in [3.8, 4) is 0 Å². The molecule has 80 valence electrons. The zero-order valence-electron chi connectivity index (χ0n) is 9.06.